The zero-order valence-electron chi connectivity index (χ0n) is 29.2. The van der Waals surface area contributed by atoms with Gasteiger partial charge in [-0.1, -0.05) is 18.6 Å². The second-order valence-electron chi connectivity index (χ2n) is 13.9. The molecule has 274 valence electrons. The Morgan fingerprint density at radius 1 is 0.923 bits per heavy atom. The fourth-order valence-electron chi connectivity index (χ4n) is 7.42. The highest BCUT2D eigenvalue weighted by atomic mass is 19.1. The van der Waals surface area contributed by atoms with E-state index in [-0.39, 0.29) is 29.8 Å². The zero-order valence-corrected chi connectivity index (χ0v) is 29.2. The number of benzene rings is 2. The van der Waals surface area contributed by atoms with Crippen LogP contribution in [-0.2, 0) is 16.1 Å². The number of aromatic nitrogens is 3. The second-order valence-corrected chi connectivity index (χ2v) is 13.9. The molecular formula is C38H45F2N9O3. The number of carbonyl (C=O) groups excluding carboxylic acids is 3. The molecule has 0 radical (unpaired) electrons. The Morgan fingerprint density at radius 3 is 2.54 bits per heavy atom. The highest BCUT2D eigenvalue weighted by Gasteiger charge is 2.30. The molecule has 3 saturated heterocycles. The number of amides is 3. The fraction of sp³-hybridized carbons (Fsp3) is 0.447. The van der Waals surface area contributed by atoms with Crippen LogP contribution in [0.3, 0.4) is 0 Å². The number of piperidine rings is 1. The van der Waals surface area contributed by atoms with Crippen LogP contribution in [0.5, 0.6) is 0 Å². The lowest BCUT2D eigenvalue weighted by molar-refractivity contribution is -0.133. The minimum Gasteiger partial charge on any atom is -0.374 e. The molecule has 2 aromatic heterocycles. The predicted molar refractivity (Wildman–Crippen MR) is 193 cm³/mol. The van der Waals surface area contributed by atoms with Gasteiger partial charge in [0.25, 0.3) is 5.91 Å². The molecule has 0 saturated carbocycles. The average Bonchev–Trinajstić information content (AvgIpc) is 3.81. The normalized spacial score (nSPS) is 20.0. The molecule has 3 N–H and O–H groups in total. The van der Waals surface area contributed by atoms with E-state index < -0.39 is 11.6 Å². The molecule has 0 aliphatic carbocycles. The second kappa shape index (κ2) is 16.2. The van der Waals surface area contributed by atoms with E-state index in [1.807, 2.05) is 17.0 Å². The van der Waals surface area contributed by atoms with Crippen molar-refractivity contribution < 1.29 is 23.2 Å². The van der Waals surface area contributed by atoms with Gasteiger partial charge in [-0.05, 0) is 80.6 Å². The van der Waals surface area contributed by atoms with Gasteiger partial charge in [0.2, 0.25) is 11.8 Å². The van der Waals surface area contributed by atoms with Crippen molar-refractivity contribution in [2.45, 2.75) is 63.6 Å². The molecule has 0 bridgehead atoms. The third-order valence-electron chi connectivity index (χ3n) is 10.3. The summed E-state index contributed by atoms with van der Waals surface area (Å²) >= 11 is 0. The van der Waals surface area contributed by atoms with Crippen molar-refractivity contribution in [1.82, 2.24) is 35.0 Å². The molecule has 2 atom stereocenters. The molecule has 52 heavy (non-hydrogen) atoms. The SMILES string of the molecule is O=C1CCC(Nc2ccc(CN3CCN(CCCCCNC(=O)c4cnn5ccc(N6CCC[C@@H]6c6cc(F)ccc6F)nc45)CC3)cc2)C(=O)N1. The summed E-state index contributed by atoms with van der Waals surface area (Å²) in [5, 5.41) is 12.9. The van der Waals surface area contributed by atoms with E-state index in [0.29, 0.717) is 54.9 Å². The number of nitrogens with one attached hydrogen (secondary N) is 3. The molecule has 3 aliphatic rings. The summed E-state index contributed by atoms with van der Waals surface area (Å²) in [4.78, 5) is 48.2. The Kier molecular flexibility index (Phi) is 11.0. The number of piperazine rings is 1. The number of anilines is 2. The Labute approximate surface area is 301 Å². The van der Waals surface area contributed by atoms with Gasteiger partial charge in [-0.25, -0.2) is 18.3 Å². The van der Waals surface area contributed by atoms with Crippen molar-refractivity contribution in [3.05, 3.63) is 89.2 Å². The van der Waals surface area contributed by atoms with E-state index in [2.05, 4.69) is 43.0 Å². The summed E-state index contributed by atoms with van der Waals surface area (Å²) in [5.41, 5.74) is 3.22. The number of hydrogen-bond acceptors (Lipinski definition) is 9. The number of fused-ring (bicyclic) bond motifs is 1. The van der Waals surface area contributed by atoms with Crippen LogP contribution < -0.4 is 20.9 Å². The van der Waals surface area contributed by atoms with Crippen LogP contribution in [-0.4, -0.2) is 94.0 Å². The maximum absolute atomic E-state index is 14.6. The Balaban J connectivity index is 0.809. The van der Waals surface area contributed by atoms with Crippen molar-refractivity contribution in [3.8, 4) is 0 Å². The number of rotatable bonds is 13. The maximum atomic E-state index is 14.6. The quantitative estimate of drug-likeness (QED) is 0.138. The van der Waals surface area contributed by atoms with Crippen molar-refractivity contribution in [2.24, 2.45) is 0 Å². The summed E-state index contributed by atoms with van der Waals surface area (Å²) in [6.07, 6.45) is 8.55. The summed E-state index contributed by atoms with van der Waals surface area (Å²) in [7, 11) is 0. The van der Waals surface area contributed by atoms with Gasteiger partial charge in [-0.2, -0.15) is 5.10 Å². The van der Waals surface area contributed by atoms with Crippen molar-refractivity contribution in [1.29, 1.82) is 0 Å². The van der Waals surface area contributed by atoms with Crippen LogP contribution in [0.2, 0.25) is 0 Å². The lowest BCUT2D eigenvalue weighted by Gasteiger charge is -2.34. The van der Waals surface area contributed by atoms with Gasteiger partial charge in [0.15, 0.2) is 5.65 Å². The average molecular weight is 714 g/mol. The first-order valence-corrected chi connectivity index (χ1v) is 18.3. The van der Waals surface area contributed by atoms with Crippen molar-refractivity contribution in [2.75, 3.05) is 56.0 Å². The summed E-state index contributed by atoms with van der Waals surface area (Å²) in [6, 6.07) is 12.8. The van der Waals surface area contributed by atoms with Crippen molar-refractivity contribution in [3.63, 3.8) is 0 Å². The van der Waals surface area contributed by atoms with E-state index in [9.17, 15) is 23.2 Å². The highest BCUT2D eigenvalue weighted by Crippen LogP contribution is 2.37. The molecule has 12 nitrogen and oxygen atoms in total. The van der Waals surface area contributed by atoms with Crippen LogP contribution in [0.15, 0.2) is 60.9 Å². The number of nitrogens with zero attached hydrogens (tertiary/aromatic N) is 6. The summed E-state index contributed by atoms with van der Waals surface area (Å²) in [6.45, 7) is 7.15. The molecule has 7 rings (SSSR count). The van der Waals surface area contributed by atoms with E-state index in [1.165, 1.54) is 17.8 Å². The van der Waals surface area contributed by atoms with E-state index in [1.54, 1.807) is 16.8 Å². The van der Waals surface area contributed by atoms with Gasteiger partial charge in [0, 0.05) is 69.7 Å². The van der Waals surface area contributed by atoms with Crippen LogP contribution >= 0.6 is 0 Å². The summed E-state index contributed by atoms with van der Waals surface area (Å²) < 4.78 is 30.2. The van der Waals surface area contributed by atoms with Gasteiger partial charge in [0.05, 0.1) is 12.2 Å². The van der Waals surface area contributed by atoms with Crippen LogP contribution in [0, 0.1) is 11.6 Å². The smallest absolute Gasteiger partial charge is 0.256 e. The standard InChI is InChI=1S/C38H45F2N9O3/c39-27-8-11-31(40)29(23-27)33-5-4-17-48(33)34-14-18-49-36(44-34)30(24-42-49)37(51)41-15-2-1-3-16-46-19-21-47(22-20-46)25-26-6-9-28(10-7-26)43-32-12-13-35(50)45-38(32)52/h6-11,14,18,23-24,32-33,43H,1-5,12-13,15-17,19-22,25H2,(H,41,51)(H,45,50,52)/t32?,33-/m1/s1. The van der Waals surface area contributed by atoms with E-state index in [4.69, 9.17) is 4.98 Å². The van der Waals surface area contributed by atoms with Crippen LogP contribution in [0.4, 0.5) is 20.3 Å². The van der Waals surface area contributed by atoms with E-state index in [0.717, 1.165) is 82.8 Å². The minimum absolute atomic E-state index is 0.214. The molecule has 2 aromatic carbocycles. The number of carbonyl (C=O) groups is 3. The topological polar surface area (TPSA) is 127 Å². The first-order valence-electron chi connectivity index (χ1n) is 18.3. The Hall–Kier alpha value is -4.95. The van der Waals surface area contributed by atoms with Gasteiger partial charge in [-0.3, -0.25) is 24.6 Å². The molecule has 5 heterocycles. The van der Waals surface area contributed by atoms with Gasteiger partial charge in [0.1, 0.15) is 29.1 Å². The monoisotopic (exact) mass is 713 g/mol. The molecule has 3 fully saturated rings. The zero-order chi connectivity index (χ0) is 36.0. The molecule has 3 aliphatic heterocycles. The van der Waals surface area contributed by atoms with Crippen molar-refractivity contribution >= 4 is 34.9 Å². The lowest BCUT2D eigenvalue weighted by atomic mass is 10.0. The first kappa shape index (κ1) is 35.5. The van der Waals surface area contributed by atoms with Crippen LogP contribution in [0.1, 0.15) is 72.5 Å². The van der Waals surface area contributed by atoms with E-state index >= 15 is 0 Å². The molecule has 4 aromatic rings. The Morgan fingerprint density at radius 2 is 1.73 bits per heavy atom. The molecular weight excluding hydrogens is 668 g/mol. The number of imide groups is 1. The Bertz CT molecular complexity index is 1890. The number of halogens is 2. The van der Waals surface area contributed by atoms with Gasteiger partial charge >= 0.3 is 0 Å². The maximum Gasteiger partial charge on any atom is 0.256 e. The third kappa shape index (κ3) is 8.39. The number of unbranched alkanes of at least 4 members (excludes halogenated alkanes) is 2. The third-order valence-corrected chi connectivity index (χ3v) is 10.3. The molecule has 1 unspecified atom stereocenters. The lowest BCUT2D eigenvalue weighted by Crippen LogP contribution is -2.47. The summed E-state index contributed by atoms with van der Waals surface area (Å²) in [5.74, 6) is -1.02. The largest absolute Gasteiger partial charge is 0.374 e. The van der Waals surface area contributed by atoms with Gasteiger partial charge < -0.3 is 20.4 Å². The van der Waals surface area contributed by atoms with Gasteiger partial charge in [-0.15, -0.1) is 0 Å². The van der Waals surface area contributed by atoms with Crippen LogP contribution in [0.25, 0.3) is 5.65 Å². The molecule has 3 amide bonds. The first-order chi connectivity index (χ1) is 25.3. The molecule has 0 spiro atoms. The molecule has 14 heteroatoms. The fourth-order valence-corrected chi connectivity index (χ4v) is 7.42. The predicted octanol–water partition coefficient (Wildman–Crippen LogP) is 4.28. The highest BCUT2D eigenvalue weighted by molar-refractivity contribution is 6.01. The number of hydrogen-bond donors (Lipinski definition) is 3. The minimum atomic E-state index is -0.472.